The molecule has 102 valence electrons. The number of nitrogens with zero attached hydrogens (tertiary/aromatic N) is 2. The minimum absolute atomic E-state index is 0.160. The number of benzene rings is 1. The lowest BCUT2D eigenvalue weighted by molar-refractivity contribution is -0.129. The number of aliphatic imine (C=N–C) groups is 1. The predicted octanol–water partition coefficient (Wildman–Crippen LogP) is 1.81. The first kappa shape index (κ1) is 12.9. The summed E-state index contributed by atoms with van der Waals surface area (Å²) < 4.78 is 0.890. The van der Waals surface area contributed by atoms with Crippen LogP contribution in [0.5, 0.6) is 0 Å². The molecule has 5 nitrogen and oxygen atoms in total. The number of carbonyl (C=O) groups is 1. The lowest BCUT2D eigenvalue weighted by Crippen LogP contribution is -2.40. The lowest BCUT2D eigenvalue weighted by atomic mass is 9.84. The number of likely N-dealkylation sites (N-methyl/N-ethyl adjacent to an activating group) is 1. The quantitative estimate of drug-likeness (QED) is 0.880. The van der Waals surface area contributed by atoms with Crippen molar-refractivity contribution in [1.82, 2.24) is 9.88 Å². The number of halogens is 1. The van der Waals surface area contributed by atoms with Gasteiger partial charge in [-0.05, 0) is 23.8 Å². The Morgan fingerprint density at radius 3 is 2.70 bits per heavy atom. The van der Waals surface area contributed by atoms with E-state index in [0.29, 0.717) is 0 Å². The average molecular weight is 333 g/mol. The van der Waals surface area contributed by atoms with Gasteiger partial charge in [0.05, 0.1) is 0 Å². The minimum Gasteiger partial charge on any atom is -0.369 e. The molecule has 3 rings (SSSR count). The predicted molar refractivity (Wildman–Crippen MR) is 80.1 cm³/mol. The van der Waals surface area contributed by atoms with Gasteiger partial charge in [-0.15, -0.1) is 0 Å². The maximum absolute atomic E-state index is 12.7. The summed E-state index contributed by atoms with van der Waals surface area (Å²) in [5.74, 6) is 0.0591. The number of aromatic amines is 1. The van der Waals surface area contributed by atoms with Crippen molar-refractivity contribution in [2.45, 2.75) is 5.54 Å². The summed E-state index contributed by atoms with van der Waals surface area (Å²) in [5.41, 5.74) is 6.30. The van der Waals surface area contributed by atoms with E-state index in [1.165, 1.54) is 4.90 Å². The Balaban J connectivity index is 2.28. The minimum atomic E-state index is -1.11. The van der Waals surface area contributed by atoms with Crippen LogP contribution < -0.4 is 5.73 Å². The van der Waals surface area contributed by atoms with E-state index in [-0.39, 0.29) is 11.9 Å². The van der Waals surface area contributed by atoms with Crippen LogP contribution in [-0.2, 0) is 10.3 Å². The molecule has 1 aromatic carbocycles. The summed E-state index contributed by atoms with van der Waals surface area (Å²) in [7, 11) is 1.63. The first-order valence-electron chi connectivity index (χ1n) is 6.08. The molecule has 2 aromatic rings. The third kappa shape index (κ3) is 1.68. The summed E-state index contributed by atoms with van der Waals surface area (Å²) in [6, 6.07) is 9.40. The Labute approximate surface area is 124 Å². The number of hydrogen-bond acceptors (Lipinski definition) is 3. The number of rotatable bonds is 2. The second kappa shape index (κ2) is 4.49. The first-order chi connectivity index (χ1) is 9.55. The van der Waals surface area contributed by atoms with Crippen molar-refractivity contribution in [2.24, 2.45) is 10.7 Å². The van der Waals surface area contributed by atoms with Crippen LogP contribution in [0.15, 0.2) is 52.2 Å². The van der Waals surface area contributed by atoms with E-state index >= 15 is 0 Å². The summed E-state index contributed by atoms with van der Waals surface area (Å²) in [6.45, 7) is 0. The van der Waals surface area contributed by atoms with Crippen LogP contribution in [0.4, 0.5) is 0 Å². The van der Waals surface area contributed by atoms with E-state index in [4.69, 9.17) is 5.73 Å². The van der Waals surface area contributed by atoms with Crippen molar-refractivity contribution in [3.8, 4) is 0 Å². The molecule has 1 atom stereocenters. The number of guanidine groups is 1. The molecule has 1 aliphatic rings. The van der Waals surface area contributed by atoms with Gasteiger partial charge in [-0.3, -0.25) is 9.69 Å². The van der Waals surface area contributed by atoms with Crippen molar-refractivity contribution >= 4 is 27.8 Å². The van der Waals surface area contributed by atoms with Crippen molar-refractivity contribution in [2.75, 3.05) is 7.05 Å². The van der Waals surface area contributed by atoms with Gasteiger partial charge in [0.1, 0.15) is 0 Å². The smallest absolute Gasteiger partial charge is 0.266 e. The van der Waals surface area contributed by atoms with Crippen LogP contribution in [0.2, 0.25) is 0 Å². The molecule has 1 amide bonds. The highest BCUT2D eigenvalue weighted by Crippen LogP contribution is 2.39. The molecular formula is C14H13BrN4O. The molecule has 2 heterocycles. The van der Waals surface area contributed by atoms with E-state index in [2.05, 4.69) is 25.9 Å². The van der Waals surface area contributed by atoms with Crippen LogP contribution in [-0.4, -0.2) is 28.8 Å². The number of amides is 1. The number of nitrogens with two attached hydrogens (primary N) is 1. The van der Waals surface area contributed by atoms with E-state index in [0.717, 1.165) is 15.6 Å². The largest absolute Gasteiger partial charge is 0.369 e. The van der Waals surface area contributed by atoms with Gasteiger partial charge >= 0.3 is 0 Å². The normalized spacial score (nSPS) is 22.2. The topological polar surface area (TPSA) is 74.5 Å². The second-order valence-electron chi connectivity index (χ2n) is 4.65. The van der Waals surface area contributed by atoms with Gasteiger partial charge in [0.2, 0.25) is 0 Å². The van der Waals surface area contributed by atoms with Crippen molar-refractivity contribution in [3.05, 3.63) is 58.3 Å². The molecule has 0 saturated heterocycles. The number of aromatic nitrogens is 1. The Kier molecular flexibility index (Phi) is 2.90. The van der Waals surface area contributed by atoms with Crippen LogP contribution in [0.25, 0.3) is 0 Å². The molecule has 20 heavy (non-hydrogen) atoms. The fourth-order valence-corrected chi connectivity index (χ4v) is 2.85. The Morgan fingerprint density at radius 2 is 2.15 bits per heavy atom. The van der Waals surface area contributed by atoms with Crippen molar-refractivity contribution in [3.63, 3.8) is 0 Å². The molecule has 1 aliphatic heterocycles. The van der Waals surface area contributed by atoms with Gasteiger partial charge < -0.3 is 10.7 Å². The number of carbonyl (C=O) groups excluding carboxylic acids is 1. The SMILES string of the molecule is CN1C(=O)C(c2cc[nH]c2)(c2cccc(Br)c2)N=C1N. The van der Waals surface area contributed by atoms with Gasteiger partial charge in [-0.25, -0.2) is 4.99 Å². The second-order valence-corrected chi connectivity index (χ2v) is 5.57. The van der Waals surface area contributed by atoms with E-state index in [9.17, 15) is 4.79 Å². The maximum Gasteiger partial charge on any atom is 0.266 e. The molecule has 1 unspecified atom stereocenters. The Hall–Kier alpha value is -2.08. The zero-order valence-corrected chi connectivity index (χ0v) is 12.4. The van der Waals surface area contributed by atoms with Gasteiger partial charge in [-0.1, -0.05) is 28.1 Å². The molecule has 6 heteroatoms. The summed E-state index contributed by atoms with van der Waals surface area (Å²) in [6.07, 6.45) is 3.54. The standard InChI is InChI=1S/C14H13BrN4O/c1-19-12(20)14(18-13(19)16,10-5-6-17-8-10)9-3-2-4-11(15)7-9/h2-8,17H,1H3,(H2,16,18). The summed E-state index contributed by atoms with van der Waals surface area (Å²) in [5, 5.41) is 0. The van der Waals surface area contributed by atoms with E-state index < -0.39 is 5.54 Å². The molecule has 0 saturated carbocycles. The zero-order chi connectivity index (χ0) is 14.3. The third-order valence-electron chi connectivity index (χ3n) is 3.50. The van der Waals surface area contributed by atoms with Crippen LogP contribution >= 0.6 is 15.9 Å². The number of hydrogen-bond donors (Lipinski definition) is 2. The maximum atomic E-state index is 12.7. The Morgan fingerprint density at radius 1 is 1.35 bits per heavy atom. The van der Waals surface area contributed by atoms with Crippen molar-refractivity contribution < 1.29 is 4.79 Å². The summed E-state index contributed by atoms with van der Waals surface area (Å²) in [4.78, 5) is 21.6. The number of H-pyrrole nitrogens is 1. The fourth-order valence-electron chi connectivity index (χ4n) is 2.45. The highest BCUT2D eigenvalue weighted by Gasteiger charge is 2.49. The van der Waals surface area contributed by atoms with Gasteiger partial charge in [-0.2, -0.15) is 0 Å². The van der Waals surface area contributed by atoms with Crippen LogP contribution in [0.3, 0.4) is 0 Å². The van der Waals surface area contributed by atoms with Gasteiger partial charge in [0, 0.05) is 29.5 Å². The molecule has 0 radical (unpaired) electrons. The van der Waals surface area contributed by atoms with E-state index in [1.807, 2.05) is 30.3 Å². The molecule has 0 bridgehead atoms. The molecular weight excluding hydrogens is 320 g/mol. The van der Waals surface area contributed by atoms with Gasteiger partial charge in [0.25, 0.3) is 5.91 Å². The van der Waals surface area contributed by atoms with Crippen LogP contribution in [0, 0.1) is 0 Å². The number of nitrogens with one attached hydrogen (secondary N) is 1. The molecule has 0 aliphatic carbocycles. The highest BCUT2D eigenvalue weighted by atomic mass is 79.9. The van der Waals surface area contributed by atoms with Crippen LogP contribution in [0.1, 0.15) is 11.1 Å². The Bertz CT molecular complexity index is 695. The molecule has 0 fully saturated rings. The third-order valence-corrected chi connectivity index (χ3v) is 3.99. The first-order valence-corrected chi connectivity index (χ1v) is 6.88. The zero-order valence-electron chi connectivity index (χ0n) is 10.8. The monoisotopic (exact) mass is 332 g/mol. The average Bonchev–Trinajstić information content (AvgIpc) is 3.03. The lowest BCUT2D eigenvalue weighted by Gasteiger charge is -2.24. The summed E-state index contributed by atoms with van der Waals surface area (Å²) >= 11 is 3.43. The highest BCUT2D eigenvalue weighted by molar-refractivity contribution is 9.10. The van der Waals surface area contributed by atoms with E-state index in [1.54, 1.807) is 19.4 Å². The molecule has 0 spiro atoms. The van der Waals surface area contributed by atoms with Crippen molar-refractivity contribution in [1.29, 1.82) is 0 Å². The molecule has 1 aromatic heterocycles. The fraction of sp³-hybridized carbons (Fsp3) is 0.143. The van der Waals surface area contributed by atoms with Gasteiger partial charge in [0.15, 0.2) is 11.5 Å². The molecule has 3 N–H and O–H groups in total.